The second-order valence-corrected chi connectivity index (χ2v) is 4.65. The van der Waals surface area contributed by atoms with E-state index in [1.54, 1.807) is 36.4 Å². The fraction of sp³-hybridized carbons (Fsp3) is 0.125. The van der Waals surface area contributed by atoms with Gasteiger partial charge in [0, 0.05) is 11.1 Å². The molecule has 5 nitrogen and oxygen atoms in total. The number of carbonyl (C=O) groups excluding carboxylic acids is 1. The van der Waals surface area contributed by atoms with Crippen LogP contribution in [0.3, 0.4) is 0 Å². The summed E-state index contributed by atoms with van der Waals surface area (Å²) in [7, 11) is 1.53. The Labute approximate surface area is 121 Å². The van der Waals surface area contributed by atoms with E-state index in [-0.39, 0.29) is 11.7 Å². The standard InChI is InChI=1S/C16H12N2O3/c1-21-10-6-7-11-12(8-10)14(9-17)18(16(11)20)13-4-2-3-5-15(13)19/h2-8,14,19H,1H3. The van der Waals surface area contributed by atoms with Crippen molar-refractivity contribution in [2.45, 2.75) is 6.04 Å². The lowest BCUT2D eigenvalue weighted by atomic mass is 10.1. The van der Waals surface area contributed by atoms with Crippen LogP contribution >= 0.6 is 0 Å². The van der Waals surface area contributed by atoms with Gasteiger partial charge in [0.2, 0.25) is 0 Å². The molecule has 1 aliphatic rings. The fourth-order valence-corrected chi connectivity index (χ4v) is 2.52. The topological polar surface area (TPSA) is 73.6 Å². The monoisotopic (exact) mass is 280 g/mol. The highest BCUT2D eigenvalue weighted by atomic mass is 16.5. The van der Waals surface area contributed by atoms with Crippen molar-refractivity contribution >= 4 is 11.6 Å². The van der Waals surface area contributed by atoms with E-state index < -0.39 is 6.04 Å². The highest BCUT2D eigenvalue weighted by Gasteiger charge is 2.39. The molecule has 1 unspecified atom stereocenters. The van der Waals surface area contributed by atoms with Crippen molar-refractivity contribution in [1.82, 2.24) is 0 Å². The molecule has 2 aromatic carbocycles. The number of methoxy groups -OCH3 is 1. The normalized spacial score (nSPS) is 16.5. The zero-order valence-corrected chi connectivity index (χ0v) is 11.3. The van der Waals surface area contributed by atoms with Gasteiger partial charge in [-0.2, -0.15) is 5.26 Å². The number of hydrogen-bond donors (Lipinski definition) is 1. The van der Waals surface area contributed by atoms with Gasteiger partial charge in [0.25, 0.3) is 5.91 Å². The first-order valence-electron chi connectivity index (χ1n) is 6.36. The first-order chi connectivity index (χ1) is 10.2. The Kier molecular flexibility index (Phi) is 2.99. The molecule has 0 spiro atoms. The number of rotatable bonds is 2. The van der Waals surface area contributed by atoms with Gasteiger partial charge in [-0.1, -0.05) is 12.1 Å². The minimum absolute atomic E-state index is 0.0362. The number of fused-ring (bicyclic) bond motifs is 1. The molecule has 104 valence electrons. The largest absolute Gasteiger partial charge is 0.506 e. The third kappa shape index (κ3) is 1.89. The Morgan fingerprint density at radius 2 is 2.05 bits per heavy atom. The average Bonchev–Trinajstić information content (AvgIpc) is 2.79. The van der Waals surface area contributed by atoms with Crippen LogP contribution in [0.2, 0.25) is 0 Å². The van der Waals surface area contributed by atoms with Crippen LogP contribution in [0.1, 0.15) is 22.0 Å². The molecule has 1 heterocycles. The number of ether oxygens (including phenoxy) is 1. The van der Waals surface area contributed by atoms with Gasteiger partial charge in [-0.15, -0.1) is 0 Å². The Morgan fingerprint density at radius 1 is 1.29 bits per heavy atom. The van der Waals surface area contributed by atoms with Crippen molar-refractivity contribution in [2.24, 2.45) is 0 Å². The third-order valence-electron chi connectivity index (χ3n) is 3.52. The van der Waals surface area contributed by atoms with E-state index in [4.69, 9.17) is 4.74 Å². The minimum Gasteiger partial charge on any atom is -0.506 e. The van der Waals surface area contributed by atoms with Crippen molar-refractivity contribution in [3.63, 3.8) is 0 Å². The first-order valence-corrected chi connectivity index (χ1v) is 6.36. The number of nitriles is 1. The van der Waals surface area contributed by atoms with Gasteiger partial charge in [-0.25, -0.2) is 0 Å². The highest BCUT2D eigenvalue weighted by Crippen LogP contribution is 2.41. The number of anilines is 1. The molecule has 1 aliphatic heterocycles. The molecule has 2 aromatic rings. The van der Waals surface area contributed by atoms with Gasteiger partial charge in [0.15, 0.2) is 6.04 Å². The van der Waals surface area contributed by atoms with Crippen LogP contribution in [-0.2, 0) is 0 Å². The lowest BCUT2D eigenvalue weighted by Crippen LogP contribution is -2.26. The Bertz CT molecular complexity index is 764. The second kappa shape index (κ2) is 4.84. The molecule has 21 heavy (non-hydrogen) atoms. The van der Waals surface area contributed by atoms with Crippen molar-refractivity contribution in [3.05, 3.63) is 53.6 Å². The predicted molar refractivity (Wildman–Crippen MR) is 76.3 cm³/mol. The molecule has 0 saturated heterocycles. The summed E-state index contributed by atoms with van der Waals surface area (Å²) in [4.78, 5) is 13.8. The van der Waals surface area contributed by atoms with Crippen LogP contribution < -0.4 is 9.64 Å². The van der Waals surface area contributed by atoms with E-state index in [2.05, 4.69) is 6.07 Å². The van der Waals surface area contributed by atoms with Crippen molar-refractivity contribution in [2.75, 3.05) is 12.0 Å². The number of phenols is 1. The second-order valence-electron chi connectivity index (χ2n) is 4.65. The summed E-state index contributed by atoms with van der Waals surface area (Å²) in [6, 6.07) is 12.8. The summed E-state index contributed by atoms with van der Waals surface area (Å²) in [6.07, 6.45) is 0. The number of phenolic OH excluding ortho intramolecular Hbond substituents is 1. The number of benzene rings is 2. The van der Waals surface area contributed by atoms with Crippen LogP contribution in [0, 0.1) is 11.3 Å². The Hall–Kier alpha value is -3.00. The molecule has 0 saturated carbocycles. The lowest BCUT2D eigenvalue weighted by Gasteiger charge is -2.21. The quantitative estimate of drug-likeness (QED) is 0.917. The molecule has 1 amide bonds. The Balaban J connectivity index is 2.16. The SMILES string of the molecule is COc1ccc2c(c1)C(C#N)N(c1ccccc1O)C2=O. The zero-order valence-electron chi connectivity index (χ0n) is 11.3. The van der Waals surface area contributed by atoms with E-state index in [1.165, 1.54) is 18.1 Å². The number of amides is 1. The molecule has 0 radical (unpaired) electrons. The summed E-state index contributed by atoms with van der Waals surface area (Å²) >= 11 is 0. The van der Waals surface area contributed by atoms with Crippen LogP contribution in [-0.4, -0.2) is 18.1 Å². The van der Waals surface area contributed by atoms with E-state index in [0.717, 1.165) is 0 Å². The van der Waals surface area contributed by atoms with Gasteiger partial charge in [-0.3, -0.25) is 9.69 Å². The molecule has 3 rings (SSSR count). The maximum Gasteiger partial charge on any atom is 0.260 e. The molecule has 5 heteroatoms. The smallest absolute Gasteiger partial charge is 0.260 e. The maximum atomic E-state index is 12.5. The van der Waals surface area contributed by atoms with Crippen molar-refractivity contribution in [3.8, 4) is 17.6 Å². The van der Waals surface area contributed by atoms with Gasteiger partial charge in [0.05, 0.1) is 18.9 Å². The molecule has 0 aromatic heterocycles. The summed E-state index contributed by atoms with van der Waals surface area (Å²) in [5.41, 5.74) is 1.36. The van der Waals surface area contributed by atoms with Gasteiger partial charge in [-0.05, 0) is 30.3 Å². The summed E-state index contributed by atoms with van der Waals surface area (Å²) in [5.74, 6) is 0.243. The van der Waals surface area contributed by atoms with E-state index >= 15 is 0 Å². The zero-order chi connectivity index (χ0) is 15.0. The number of carbonyl (C=O) groups is 1. The molecule has 0 fully saturated rings. The maximum absolute atomic E-state index is 12.5. The third-order valence-corrected chi connectivity index (χ3v) is 3.52. The minimum atomic E-state index is -0.782. The van der Waals surface area contributed by atoms with Crippen molar-refractivity contribution < 1.29 is 14.6 Å². The molecule has 1 N–H and O–H groups in total. The Morgan fingerprint density at radius 3 is 2.71 bits per heavy atom. The molecular formula is C16H12N2O3. The van der Waals surface area contributed by atoms with Crippen LogP contribution in [0.15, 0.2) is 42.5 Å². The van der Waals surface area contributed by atoms with E-state index in [0.29, 0.717) is 22.6 Å². The van der Waals surface area contributed by atoms with E-state index in [9.17, 15) is 15.2 Å². The predicted octanol–water partition coefficient (Wildman–Crippen LogP) is 2.63. The molecule has 0 bridgehead atoms. The van der Waals surface area contributed by atoms with Crippen LogP contribution in [0.4, 0.5) is 5.69 Å². The number of aromatic hydroxyl groups is 1. The van der Waals surface area contributed by atoms with E-state index in [1.807, 2.05) is 0 Å². The lowest BCUT2D eigenvalue weighted by molar-refractivity contribution is 0.0993. The van der Waals surface area contributed by atoms with Crippen LogP contribution in [0.25, 0.3) is 0 Å². The summed E-state index contributed by atoms with van der Waals surface area (Å²) in [6.45, 7) is 0. The molecule has 0 aliphatic carbocycles. The molecular weight excluding hydrogens is 268 g/mol. The highest BCUT2D eigenvalue weighted by molar-refractivity contribution is 6.12. The average molecular weight is 280 g/mol. The summed E-state index contributed by atoms with van der Waals surface area (Å²) in [5, 5.41) is 19.4. The fourth-order valence-electron chi connectivity index (χ4n) is 2.52. The number of para-hydroxylation sites is 2. The first kappa shape index (κ1) is 13.0. The van der Waals surface area contributed by atoms with Gasteiger partial charge >= 0.3 is 0 Å². The molecule has 1 atom stereocenters. The van der Waals surface area contributed by atoms with Crippen LogP contribution in [0.5, 0.6) is 11.5 Å². The van der Waals surface area contributed by atoms with Gasteiger partial charge in [0.1, 0.15) is 11.5 Å². The summed E-state index contributed by atoms with van der Waals surface area (Å²) < 4.78 is 5.14. The number of hydrogen-bond acceptors (Lipinski definition) is 4. The number of nitrogens with zero attached hydrogens (tertiary/aromatic N) is 2. The van der Waals surface area contributed by atoms with Gasteiger partial charge < -0.3 is 9.84 Å². The van der Waals surface area contributed by atoms with Crippen molar-refractivity contribution in [1.29, 1.82) is 5.26 Å².